The Morgan fingerprint density at radius 2 is 0.833 bits per heavy atom. The van der Waals surface area contributed by atoms with E-state index in [1.165, 1.54) is 0 Å². The van der Waals surface area contributed by atoms with Gasteiger partial charge in [-0.25, -0.2) is 0 Å². The van der Waals surface area contributed by atoms with Crippen molar-refractivity contribution in [3.63, 3.8) is 0 Å². The Labute approximate surface area is 68.2 Å². The van der Waals surface area contributed by atoms with Gasteiger partial charge >= 0.3 is 17.5 Å². The summed E-state index contributed by atoms with van der Waals surface area (Å²) in [6, 6.07) is 0. The second-order valence-corrected chi connectivity index (χ2v) is 0.224. The van der Waals surface area contributed by atoms with Gasteiger partial charge in [-0.3, -0.25) is 0 Å². The molecule has 0 bridgehead atoms. The van der Waals surface area contributed by atoms with Crippen molar-refractivity contribution in [1.82, 2.24) is 0 Å². The Morgan fingerprint density at radius 3 is 0.833 bits per heavy atom. The van der Waals surface area contributed by atoms with Crippen LogP contribution < -0.4 is 0 Å². The number of halogens is 3. The summed E-state index contributed by atoms with van der Waals surface area (Å²) in [5.74, 6) is 0. The van der Waals surface area contributed by atoms with Gasteiger partial charge in [0, 0.05) is 0 Å². The number of hydrogen-bond acceptors (Lipinski definition) is 2. The van der Waals surface area contributed by atoms with Gasteiger partial charge in [0.2, 0.25) is 0 Å². The average Bonchev–Trinajstić information content (AvgIpc) is 0.918. The SMILES string of the molecule is Br.Br.Br.O=[P]=O. The molecule has 0 N–H and O–H groups in total. The molecule has 0 amide bonds. The van der Waals surface area contributed by atoms with Crippen molar-refractivity contribution in [2.24, 2.45) is 0 Å². The Bertz CT molecular complexity index is 29.8. The van der Waals surface area contributed by atoms with Gasteiger partial charge in [-0.2, -0.15) is 0 Å². The molecule has 0 aromatic rings. The van der Waals surface area contributed by atoms with Crippen LogP contribution in [0, 0.1) is 0 Å². The second-order valence-electron chi connectivity index (χ2n) is 0.0745. The van der Waals surface area contributed by atoms with E-state index in [0.29, 0.717) is 0 Å². The molecule has 41 valence electrons. The van der Waals surface area contributed by atoms with Crippen LogP contribution in [0.15, 0.2) is 0 Å². The average molecular weight is 306 g/mol. The van der Waals surface area contributed by atoms with E-state index in [1.807, 2.05) is 0 Å². The predicted octanol–water partition coefficient (Wildman–Crippen LogP) is 2.36. The first-order valence-electron chi connectivity index (χ1n) is 0.365. The minimum absolute atomic E-state index is 0. The summed E-state index contributed by atoms with van der Waals surface area (Å²) in [6.45, 7) is 0. The van der Waals surface area contributed by atoms with Crippen molar-refractivity contribution in [2.45, 2.75) is 0 Å². The van der Waals surface area contributed by atoms with Crippen LogP contribution in [-0.4, -0.2) is 0 Å². The van der Waals surface area contributed by atoms with Crippen LogP contribution in [0.4, 0.5) is 0 Å². The molecule has 0 aromatic heterocycles. The summed E-state index contributed by atoms with van der Waals surface area (Å²) in [5.41, 5.74) is 0. The zero-order valence-corrected chi connectivity index (χ0v) is 8.52. The molecule has 0 aliphatic rings. The second kappa shape index (κ2) is 31.7. The summed E-state index contributed by atoms with van der Waals surface area (Å²) in [6.07, 6.45) is 0. The van der Waals surface area contributed by atoms with Gasteiger partial charge in [-0.1, -0.05) is 0 Å². The summed E-state index contributed by atoms with van der Waals surface area (Å²) in [5, 5.41) is 0. The summed E-state index contributed by atoms with van der Waals surface area (Å²) < 4.78 is 16.7. The fourth-order valence-electron chi connectivity index (χ4n) is 0. The third kappa shape index (κ3) is 50.6. The molecule has 0 fully saturated rings. The molecule has 0 spiro atoms. The molecule has 0 aromatic carbocycles. The monoisotopic (exact) mass is 303 g/mol. The molecule has 0 heterocycles. The van der Waals surface area contributed by atoms with Crippen LogP contribution in [0.1, 0.15) is 0 Å². The molecule has 0 saturated heterocycles. The molecule has 0 unspecified atom stereocenters. The Balaban J connectivity index is -0.00000000667. The fraction of sp³-hybridized carbons (Fsp3) is 0. The third-order valence-corrected chi connectivity index (χ3v) is 0. The molecule has 0 atom stereocenters. The molecule has 1 radical (unpaired) electrons. The van der Waals surface area contributed by atoms with Crippen molar-refractivity contribution in [3.05, 3.63) is 0 Å². The molecule has 0 aliphatic heterocycles. The van der Waals surface area contributed by atoms with Crippen molar-refractivity contribution >= 4 is 59.3 Å². The first-order chi connectivity index (χ1) is 1.41. The number of rotatable bonds is 0. The molecule has 0 saturated carbocycles. The van der Waals surface area contributed by atoms with E-state index in [0.717, 1.165) is 0 Å². The first-order valence-corrected chi connectivity index (χ1v) is 1.10. The Morgan fingerprint density at radius 1 is 0.833 bits per heavy atom. The first kappa shape index (κ1) is 26.0. The zero-order valence-electron chi connectivity index (χ0n) is 2.49. The maximum absolute atomic E-state index is 8.35. The molecule has 6 heavy (non-hydrogen) atoms. The van der Waals surface area contributed by atoms with Crippen LogP contribution >= 0.6 is 59.3 Å². The van der Waals surface area contributed by atoms with Crippen LogP contribution in [0.5, 0.6) is 0 Å². The topological polar surface area (TPSA) is 34.1 Å². The molecule has 6 heteroatoms. The van der Waals surface area contributed by atoms with E-state index in [1.54, 1.807) is 0 Å². The van der Waals surface area contributed by atoms with Crippen LogP contribution in [-0.2, 0) is 9.13 Å². The van der Waals surface area contributed by atoms with Gasteiger partial charge in [-0.15, -0.1) is 50.9 Å². The van der Waals surface area contributed by atoms with Gasteiger partial charge in [-0.05, 0) is 0 Å². The van der Waals surface area contributed by atoms with Gasteiger partial charge < -0.3 is 0 Å². The zero-order chi connectivity index (χ0) is 2.71. The normalized spacial score (nSPS) is 1.33. The van der Waals surface area contributed by atoms with Gasteiger partial charge in [0.05, 0.1) is 0 Å². The Hall–Kier alpha value is 1.47. The van der Waals surface area contributed by atoms with Gasteiger partial charge in [0.1, 0.15) is 0 Å². The quantitative estimate of drug-likeness (QED) is 0.644. The Kier molecular flexibility index (Phi) is 137. The number of hydrogen-bond donors (Lipinski definition) is 0. The minimum atomic E-state index is -1.08. The summed E-state index contributed by atoms with van der Waals surface area (Å²) in [4.78, 5) is 0. The van der Waals surface area contributed by atoms with E-state index >= 15 is 0 Å². The van der Waals surface area contributed by atoms with Crippen molar-refractivity contribution in [2.75, 3.05) is 0 Å². The van der Waals surface area contributed by atoms with E-state index in [-0.39, 0.29) is 50.9 Å². The van der Waals surface area contributed by atoms with Crippen molar-refractivity contribution < 1.29 is 9.13 Å². The van der Waals surface area contributed by atoms with Crippen molar-refractivity contribution in [1.29, 1.82) is 0 Å². The molecular weight excluding hydrogens is 303 g/mol. The summed E-state index contributed by atoms with van der Waals surface area (Å²) >= 11 is 0. The fourth-order valence-corrected chi connectivity index (χ4v) is 0. The van der Waals surface area contributed by atoms with Crippen LogP contribution in [0.25, 0.3) is 0 Å². The van der Waals surface area contributed by atoms with Gasteiger partial charge in [0.25, 0.3) is 0 Å². The summed E-state index contributed by atoms with van der Waals surface area (Å²) in [7, 11) is -1.08. The molecule has 0 rings (SSSR count). The van der Waals surface area contributed by atoms with Gasteiger partial charge in [0.15, 0.2) is 0 Å². The maximum atomic E-state index is 8.35. The van der Waals surface area contributed by atoms with E-state index in [9.17, 15) is 0 Å². The van der Waals surface area contributed by atoms with E-state index < -0.39 is 8.34 Å². The standard InChI is InChI=1S/3BrH.O2P/c;;;1-3-2/h3*1H;. The van der Waals surface area contributed by atoms with Crippen LogP contribution in [0.3, 0.4) is 0 Å². The molecule has 0 aliphatic carbocycles. The van der Waals surface area contributed by atoms with Crippen LogP contribution in [0.2, 0.25) is 0 Å². The molecular formula is H3Br3O2P. The predicted molar refractivity (Wildman–Crippen MR) is 39.3 cm³/mol. The van der Waals surface area contributed by atoms with Crippen molar-refractivity contribution in [3.8, 4) is 0 Å². The third-order valence-electron chi connectivity index (χ3n) is 0. The van der Waals surface area contributed by atoms with E-state index in [2.05, 4.69) is 0 Å². The molecule has 2 nitrogen and oxygen atoms in total. The van der Waals surface area contributed by atoms with E-state index in [4.69, 9.17) is 9.13 Å².